The van der Waals surface area contributed by atoms with E-state index in [4.69, 9.17) is 9.47 Å². The number of nitrogens with zero attached hydrogens (tertiary/aromatic N) is 1. The Balaban J connectivity index is 2.78. The van der Waals surface area contributed by atoms with Gasteiger partial charge in [0.25, 0.3) is 0 Å². The summed E-state index contributed by atoms with van der Waals surface area (Å²) in [7, 11) is 2.70. The lowest BCUT2D eigenvalue weighted by Crippen LogP contribution is -2.08. The minimum atomic E-state index is -0.563. The molecular weight excluding hydrogens is 242 g/mol. The summed E-state index contributed by atoms with van der Waals surface area (Å²) >= 11 is 0. The third kappa shape index (κ3) is 3.62. The quantitative estimate of drug-likeness (QED) is 0.435. The summed E-state index contributed by atoms with van der Waals surface area (Å²) in [6.45, 7) is 0.000676. The normalized spacial score (nSPS) is 9.67. The van der Waals surface area contributed by atoms with Gasteiger partial charge in [-0.1, -0.05) is 0 Å². The van der Waals surface area contributed by atoms with Crippen molar-refractivity contribution in [3.05, 3.63) is 28.3 Å². The lowest BCUT2D eigenvalue weighted by Gasteiger charge is -2.07. The molecule has 0 fully saturated rings. The third-order valence-electron chi connectivity index (χ3n) is 2.16. The fraction of sp³-hybridized carbons (Fsp3) is 0.364. The number of nitro benzene ring substituents is 1. The van der Waals surface area contributed by atoms with E-state index in [-0.39, 0.29) is 24.5 Å². The monoisotopic (exact) mass is 255 g/mol. The average Bonchev–Trinajstić information content (AvgIpc) is 2.37. The first-order valence-electron chi connectivity index (χ1n) is 5.10. The second kappa shape index (κ2) is 6.43. The molecule has 7 nitrogen and oxygen atoms in total. The van der Waals surface area contributed by atoms with Crippen LogP contribution in [-0.2, 0) is 9.53 Å². The van der Waals surface area contributed by atoms with Crippen molar-refractivity contribution in [1.82, 2.24) is 0 Å². The number of carbonyl (C=O) groups is 1. The van der Waals surface area contributed by atoms with Crippen molar-refractivity contribution in [2.75, 3.05) is 20.8 Å². The zero-order valence-corrected chi connectivity index (χ0v) is 10.0. The van der Waals surface area contributed by atoms with Crippen molar-refractivity contribution in [1.29, 1.82) is 0 Å². The largest absolute Gasteiger partial charge is 0.497 e. The Kier molecular flexibility index (Phi) is 4.91. The minimum Gasteiger partial charge on any atom is -0.497 e. The number of ether oxygens (including phenoxy) is 3. The second-order valence-corrected chi connectivity index (χ2v) is 3.27. The van der Waals surface area contributed by atoms with Gasteiger partial charge in [0, 0.05) is 12.1 Å². The van der Waals surface area contributed by atoms with Crippen LogP contribution in [0.5, 0.6) is 11.5 Å². The molecule has 18 heavy (non-hydrogen) atoms. The molecule has 1 aromatic rings. The lowest BCUT2D eigenvalue weighted by atomic mass is 10.3. The summed E-state index contributed by atoms with van der Waals surface area (Å²) in [5, 5.41) is 10.8. The molecule has 0 heterocycles. The summed E-state index contributed by atoms with van der Waals surface area (Å²) < 4.78 is 14.6. The van der Waals surface area contributed by atoms with E-state index in [1.807, 2.05) is 0 Å². The van der Waals surface area contributed by atoms with Gasteiger partial charge in [-0.25, -0.2) is 0 Å². The van der Waals surface area contributed by atoms with Gasteiger partial charge < -0.3 is 14.2 Å². The SMILES string of the molecule is COC(=O)CCOc1cc(OC)ccc1[N+](=O)[O-]. The number of methoxy groups -OCH3 is 2. The zero-order valence-electron chi connectivity index (χ0n) is 10.0. The molecule has 1 aromatic carbocycles. The second-order valence-electron chi connectivity index (χ2n) is 3.27. The molecule has 98 valence electrons. The fourth-order valence-electron chi connectivity index (χ4n) is 1.23. The highest BCUT2D eigenvalue weighted by molar-refractivity contribution is 5.69. The van der Waals surface area contributed by atoms with Crippen LogP contribution < -0.4 is 9.47 Å². The Labute approximate surface area is 103 Å². The van der Waals surface area contributed by atoms with Crippen LogP contribution in [0.1, 0.15) is 6.42 Å². The van der Waals surface area contributed by atoms with Crippen LogP contribution >= 0.6 is 0 Å². The lowest BCUT2D eigenvalue weighted by molar-refractivity contribution is -0.385. The number of nitro groups is 1. The molecule has 0 atom stereocenters. The Morgan fingerprint density at radius 3 is 2.67 bits per heavy atom. The number of rotatable bonds is 6. The molecule has 0 N–H and O–H groups in total. The van der Waals surface area contributed by atoms with Crippen LogP contribution in [0.3, 0.4) is 0 Å². The van der Waals surface area contributed by atoms with Crippen molar-refractivity contribution < 1.29 is 23.9 Å². The predicted octanol–water partition coefficient (Wildman–Crippen LogP) is 1.55. The van der Waals surface area contributed by atoms with E-state index >= 15 is 0 Å². The number of carbonyl (C=O) groups excluding carboxylic acids is 1. The average molecular weight is 255 g/mol. The first-order chi connectivity index (χ1) is 8.58. The van der Waals surface area contributed by atoms with Gasteiger partial charge in [0.2, 0.25) is 5.75 Å². The molecule has 0 saturated heterocycles. The molecule has 0 aromatic heterocycles. The van der Waals surface area contributed by atoms with E-state index in [1.54, 1.807) is 0 Å². The fourth-order valence-corrected chi connectivity index (χ4v) is 1.23. The van der Waals surface area contributed by atoms with E-state index < -0.39 is 10.9 Å². The van der Waals surface area contributed by atoms with Crippen molar-refractivity contribution in [3.8, 4) is 11.5 Å². The number of hydrogen-bond donors (Lipinski definition) is 0. The van der Waals surface area contributed by atoms with Gasteiger partial charge >= 0.3 is 11.7 Å². The topological polar surface area (TPSA) is 87.9 Å². The van der Waals surface area contributed by atoms with Gasteiger partial charge in [-0.2, -0.15) is 0 Å². The predicted molar refractivity (Wildman–Crippen MR) is 61.8 cm³/mol. The zero-order chi connectivity index (χ0) is 13.5. The Morgan fingerprint density at radius 2 is 2.11 bits per heavy atom. The van der Waals surface area contributed by atoms with Gasteiger partial charge in [-0.3, -0.25) is 14.9 Å². The van der Waals surface area contributed by atoms with Gasteiger partial charge in [0.15, 0.2) is 0 Å². The van der Waals surface area contributed by atoms with Crippen LogP contribution in [0.25, 0.3) is 0 Å². The summed E-state index contributed by atoms with van der Waals surface area (Å²) in [5.41, 5.74) is -0.180. The summed E-state index contributed by atoms with van der Waals surface area (Å²) in [6, 6.07) is 4.15. The summed E-state index contributed by atoms with van der Waals surface area (Å²) in [5.74, 6) is 0.0532. The van der Waals surface area contributed by atoms with Crippen LogP contribution in [0.2, 0.25) is 0 Å². The van der Waals surface area contributed by atoms with Crippen molar-refractivity contribution in [2.24, 2.45) is 0 Å². The first kappa shape index (κ1) is 13.8. The maximum absolute atomic E-state index is 10.9. The van der Waals surface area contributed by atoms with Gasteiger partial charge in [-0.05, 0) is 6.07 Å². The van der Waals surface area contributed by atoms with E-state index in [0.29, 0.717) is 5.75 Å². The molecule has 7 heteroatoms. The number of benzene rings is 1. The molecule has 0 amide bonds. The first-order valence-corrected chi connectivity index (χ1v) is 5.10. The molecule has 0 bridgehead atoms. The summed E-state index contributed by atoms with van der Waals surface area (Å²) in [6.07, 6.45) is 0.0187. The molecule has 0 aliphatic heterocycles. The maximum atomic E-state index is 10.9. The molecule has 0 aliphatic carbocycles. The van der Waals surface area contributed by atoms with Crippen LogP contribution in [0.15, 0.2) is 18.2 Å². The Morgan fingerprint density at radius 1 is 1.39 bits per heavy atom. The highest BCUT2D eigenvalue weighted by Gasteiger charge is 2.16. The number of esters is 1. The Hall–Kier alpha value is -2.31. The van der Waals surface area contributed by atoms with Gasteiger partial charge in [0.1, 0.15) is 5.75 Å². The van der Waals surface area contributed by atoms with E-state index in [1.165, 1.54) is 32.4 Å². The molecular formula is C11H13NO6. The Bertz CT molecular complexity index is 445. The van der Waals surface area contributed by atoms with E-state index in [2.05, 4.69) is 4.74 Å². The molecule has 0 aliphatic rings. The van der Waals surface area contributed by atoms with Crippen LogP contribution in [0, 0.1) is 10.1 Å². The van der Waals surface area contributed by atoms with Gasteiger partial charge in [-0.15, -0.1) is 0 Å². The van der Waals surface area contributed by atoms with Crippen molar-refractivity contribution in [3.63, 3.8) is 0 Å². The summed E-state index contributed by atoms with van der Waals surface area (Å²) in [4.78, 5) is 21.1. The highest BCUT2D eigenvalue weighted by Crippen LogP contribution is 2.31. The van der Waals surface area contributed by atoms with E-state index in [9.17, 15) is 14.9 Å². The van der Waals surface area contributed by atoms with Gasteiger partial charge in [0.05, 0.1) is 32.2 Å². The van der Waals surface area contributed by atoms with Crippen LogP contribution in [0.4, 0.5) is 5.69 Å². The van der Waals surface area contributed by atoms with Crippen LogP contribution in [-0.4, -0.2) is 31.7 Å². The molecule has 0 spiro atoms. The third-order valence-corrected chi connectivity index (χ3v) is 2.16. The smallest absolute Gasteiger partial charge is 0.311 e. The maximum Gasteiger partial charge on any atom is 0.311 e. The number of hydrogen-bond acceptors (Lipinski definition) is 6. The molecule has 0 radical (unpaired) electrons. The minimum absolute atomic E-state index is 0.000676. The molecule has 0 saturated carbocycles. The molecule has 0 unspecified atom stereocenters. The van der Waals surface area contributed by atoms with E-state index in [0.717, 1.165) is 0 Å². The standard InChI is InChI=1S/C11H13NO6/c1-16-8-3-4-9(12(14)15)10(7-8)18-6-5-11(13)17-2/h3-4,7H,5-6H2,1-2H3. The highest BCUT2D eigenvalue weighted by atomic mass is 16.6. The van der Waals surface area contributed by atoms with Crippen molar-refractivity contribution >= 4 is 11.7 Å². The van der Waals surface area contributed by atoms with Crippen molar-refractivity contribution in [2.45, 2.75) is 6.42 Å². The molecule has 1 rings (SSSR count).